The summed E-state index contributed by atoms with van der Waals surface area (Å²) in [6.45, 7) is 0. The van der Waals surface area contributed by atoms with E-state index in [-0.39, 0.29) is 17.8 Å². The Kier molecular flexibility index (Phi) is 4.12. The van der Waals surface area contributed by atoms with Crippen molar-refractivity contribution in [2.75, 3.05) is 0 Å². The minimum Gasteiger partial charge on any atom is -0.465 e. The predicted molar refractivity (Wildman–Crippen MR) is 93.7 cm³/mol. The fraction of sp³-hybridized carbons (Fsp3) is 0.211. The summed E-state index contributed by atoms with van der Waals surface area (Å²) in [5.41, 5.74) is 1.23. The van der Waals surface area contributed by atoms with Gasteiger partial charge in [-0.25, -0.2) is 9.18 Å². The van der Waals surface area contributed by atoms with Gasteiger partial charge >= 0.3 is 6.09 Å². The van der Waals surface area contributed by atoms with Crippen molar-refractivity contribution in [1.29, 1.82) is 0 Å². The highest BCUT2D eigenvalue weighted by Crippen LogP contribution is 2.38. The van der Waals surface area contributed by atoms with Crippen LogP contribution in [0, 0.1) is 5.82 Å². The molecule has 6 nitrogen and oxygen atoms in total. The van der Waals surface area contributed by atoms with Gasteiger partial charge < -0.3 is 10.4 Å². The highest BCUT2D eigenvalue weighted by molar-refractivity contribution is 5.65. The summed E-state index contributed by atoms with van der Waals surface area (Å²) in [5.74, 6) is 0.888. The molecule has 132 valence electrons. The largest absolute Gasteiger partial charge is 0.465 e. The number of amides is 1. The van der Waals surface area contributed by atoms with Crippen LogP contribution in [0.5, 0.6) is 0 Å². The fourth-order valence-corrected chi connectivity index (χ4v) is 3.33. The Morgan fingerprint density at radius 2 is 1.77 bits per heavy atom. The maximum absolute atomic E-state index is 14.5. The number of nitrogens with zero attached hydrogens (tertiary/aromatic N) is 3. The van der Waals surface area contributed by atoms with E-state index in [1.807, 2.05) is 30.3 Å². The zero-order chi connectivity index (χ0) is 18.1. The van der Waals surface area contributed by atoms with Crippen molar-refractivity contribution in [2.45, 2.75) is 24.8 Å². The SMILES string of the molecule is O=C(O)NC1CC(c2nnc(-c3ccccc3)n2-c2ccccc2F)C1. The van der Waals surface area contributed by atoms with E-state index in [4.69, 9.17) is 5.11 Å². The molecule has 1 saturated carbocycles. The van der Waals surface area contributed by atoms with Gasteiger partial charge in [0.25, 0.3) is 0 Å². The molecule has 1 fully saturated rings. The molecule has 7 heteroatoms. The van der Waals surface area contributed by atoms with Crippen LogP contribution in [0.1, 0.15) is 24.6 Å². The van der Waals surface area contributed by atoms with Crippen LogP contribution in [-0.2, 0) is 0 Å². The number of rotatable bonds is 4. The summed E-state index contributed by atoms with van der Waals surface area (Å²) in [5, 5.41) is 19.9. The van der Waals surface area contributed by atoms with E-state index in [9.17, 15) is 9.18 Å². The Morgan fingerprint density at radius 1 is 1.08 bits per heavy atom. The van der Waals surface area contributed by atoms with Crippen LogP contribution in [0.25, 0.3) is 17.1 Å². The summed E-state index contributed by atoms with van der Waals surface area (Å²) in [6.07, 6.45) is 0.204. The van der Waals surface area contributed by atoms with Crippen LogP contribution in [-0.4, -0.2) is 32.0 Å². The van der Waals surface area contributed by atoms with E-state index < -0.39 is 6.09 Å². The van der Waals surface area contributed by atoms with Crippen LogP contribution in [0.4, 0.5) is 9.18 Å². The van der Waals surface area contributed by atoms with E-state index in [1.165, 1.54) is 6.07 Å². The number of benzene rings is 2. The molecule has 2 aromatic carbocycles. The lowest BCUT2D eigenvalue weighted by atomic mass is 9.79. The molecule has 1 aliphatic rings. The van der Waals surface area contributed by atoms with Crippen molar-refractivity contribution in [3.05, 3.63) is 66.2 Å². The first-order valence-corrected chi connectivity index (χ1v) is 8.38. The summed E-state index contributed by atoms with van der Waals surface area (Å²) >= 11 is 0. The number of para-hydroxylation sites is 1. The van der Waals surface area contributed by atoms with E-state index >= 15 is 0 Å². The van der Waals surface area contributed by atoms with Gasteiger partial charge in [0, 0.05) is 17.5 Å². The fourth-order valence-electron chi connectivity index (χ4n) is 3.33. The number of aromatic nitrogens is 3. The number of hydrogen-bond acceptors (Lipinski definition) is 3. The average molecular weight is 352 g/mol. The number of carboxylic acid groups (broad SMARTS) is 1. The van der Waals surface area contributed by atoms with Crippen molar-refractivity contribution in [3.8, 4) is 17.1 Å². The first-order valence-electron chi connectivity index (χ1n) is 8.38. The molecular weight excluding hydrogens is 335 g/mol. The van der Waals surface area contributed by atoms with Crippen LogP contribution in [0.3, 0.4) is 0 Å². The smallest absolute Gasteiger partial charge is 0.404 e. The summed E-state index contributed by atoms with van der Waals surface area (Å²) in [6, 6.07) is 15.9. The molecule has 1 aliphatic carbocycles. The average Bonchev–Trinajstić information content (AvgIpc) is 3.03. The lowest BCUT2D eigenvalue weighted by Gasteiger charge is -2.34. The van der Waals surface area contributed by atoms with Crippen molar-refractivity contribution < 1.29 is 14.3 Å². The van der Waals surface area contributed by atoms with Gasteiger partial charge in [-0.15, -0.1) is 10.2 Å². The zero-order valence-corrected chi connectivity index (χ0v) is 13.8. The van der Waals surface area contributed by atoms with E-state index in [2.05, 4.69) is 15.5 Å². The van der Waals surface area contributed by atoms with Gasteiger partial charge in [-0.2, -0.15) is 0 Å². The lowest BCUT2D eigenvalue weighted by Crippen LogP contribution is -2.43. The van der Waals surface area contributed by atoms with Gasteiger partial charge in [0.15, 0.2) is 5.82 Å². The quantitative estimate of drug-likeness (QED) is 0.752. The van der Waals surface area contributed by atoms with Crippen molar-refractivity contribution in [3.63, 3.8) is 0 Å². The molecule has 1 aromatic heterocycles. The molecular formula is C19H17FN4O2. The highest BCUT2D eigenvalue weighted by atomic mass is 19.1. The van der Waals surface area contributed by atoms with Crippen molar-refractivity contribution in [2.24, 2.45) is 0 Å². The maximum Gasteiger partial charge on any atom is 0.404 e. The summed E-state index contributed by atoms with van der Waals surface area (Å²) in [4.78, 5) is 10.8. The zero-order valence-electron chi connectivity index (χ0n) is 13.8. The number of hydrogen-bond donors (Lipinski definition) is 2. The molecule has 2 N–H and O–H groups in total. The maximum atomic E-state index is 14.5. The Hall–Kier alpha value is -3.22. The minimum absolute atomic E-state index is 0.0245. The van der Waals surface area contributed by atoms with Gasteiger partial charge in [-0.3, -0.25) is 4.57 Å². The first kappa shape index (κ1) is 16.3. The molecule has 1 heterocycles. The Labute approximate surface area is 149 Å². The van der Waals surface area contributed by atoms with Crippen LogP contribution >= 0.6 is 0 Å². The monoisotopic (exact) mass is 352 g/mol. The highest BCUT2D eigenvalue weighted by Gasteiger charge is 2.36. The van der Waals surface area contributed by atoms with E-state index in [0.717, 1.165) is 5.56 Å². The number of nitrogens with one attached hydrogen (secondary N) is 1. The minimum atomic E-state index is -1.03. The van der Waals surface area contributed by atoms with Gasteiger partial charge in [0.1, 0.15) is 11.6 Å². The van der Waals surface area contributed by atoms with Gasteiger partial charge in [0.05, 0.1) is 5.69 Å². The Bertz CT molecular complexity index is 936. The first-order chi connectivity index (χ1) is 12.6. The normalized spacial score (nSPS) is 19.0. The molecule has 0 bridgehead atoms. The third-order valence-corrected chi connectivity index (χ3v) is 4.64. The van der Waals surface area contributed by atoms with Crippen LogP contribution in [0.15, 0.2) is 54.6 Å². The molecule has 0 saturated heterocycles. The standard InChI is InChI=1S/C19H17FN4O2/c20-15-8-4-5-9-16(15)24-17(12-6-2-1-3-7-12)22-23-18(24)13-10-14(11-13)21-19(25)26/h1-9,13-14,21H,10-11H2,(H,25,26). The van der Waals surface area contributed by atoms with Crippen molar-refractivity contribution >= 4 is 6.09 Å². The Morgan fingerprint density at radius 3 is 2.46 bits per heavy atom. The number of halogens is 1. The van der Waals surface area contributed by atoms with Crippen molar-refractivity contribution in [1.82, 2.24) is 20.1 Å². The molecule has 1 amide bonds. The molecule has 0 unspecified atom stereocenters. The predicted octanol–water partition coefficient (Wildman–Crippen LogP) is 3.59. The van der Waals surface area contributed by atoms with Crippen LogP contribution in [0.2, 0.25) is 0 Å². The molecule has 4 rings (SSSR count). The Balaban J connectivity index is 1.75. The molecule has 0 aliphatic heterocycles. The molecule has 0 radical (unpaired) electrons. The topological polar surface area (TPSA) is 80.0 Å². The molecule has 3 aromatic rings. The van der Waals surface area contributed by atoms with E-state index in [1.54, 1.807) is 22.8 Å². The van der Waals surface area contributed by atoms with E-state index in [0.29, 0.717) is 30.2 Å². The second-order valence-electron chi connectivity index (χ2n) is 6.35. The molecule has 26 heavy (non-hydrogen) atoms. The van der Waals surface area contributed by atoms with Gasteiger partial charge in [-0.05, 0) is 25.0 Å². The van der Waals surface area contributed by atoms with Gasteiger partial charge in [-0.1, -0.05) is 42.5 Å². The van der Waals surface area contributed by atoms with Gasteiger partial charge in [0.2, 0.25) is 0 Å². The summed E-state index contributed by atoms with van der Waals surface area (Å²) < 4.78 is 16.2. The molecule has 0 atom stereocenters. The third-order valence-electron chi connectivity index (χ3n) is 4.64. The van der Waals surface area contributed by atoms with Crippen LogP contribution < -0.4 is 5.32 Å². The third kappa shape index (κ3) is 2.92. The second-order valence-corrected chi connectivity index (χ2v) is 6.35. The summed E-state index contributed by atoms with van der Waals surface area (Å²) in [7, 11) is 0. The second kappa shape index (κ2) is 6.59. The lowest BCUT2D eigenvalue weighted by molar-refractivity contribution is 0.176. The number of carbonyl (C=O) groups is 1. The molecule has 0 spiro atoms.